The monoisotopic (exact) mass is 649 g/mol. The minimum absolute atomic E-state index is 0.0172. The summed E-state index contributed by atoms with van der Waals surface area (Å²) in [7, 11) is 0. The van der Waals surface area contributed by atoms with Crippen LogP contribution in [0.15, 0.2) is 56.6 Å². The fraction of sp³-hybridized carbons (Fsp3) is 0.367. The highest BCUT2D eigenvalue weighted by Gasteiger charge is 2.45. The van der Waals surface area contributed by atoms with Crippen molar-refractivity contribution in [1.82, 2.24) is 15.2 Å². The van der Waals surface area contributed by atoms with Gasteiger partial charge in [-0.25, -0.2) is 4.98 Å². The first kappa shape index (κ1) is 31.4. The van der Waals surface area contributed by atoms with E-state index in [9.17, 15) is 19.6 Å². The second kappa shape index (κ2) is 12.9. The number of nitrogens with zero attached hydrogens (tertiary/aromatic N) is 5. The molecular formula is C30H31N7O4S3. The number of thioether (sulfide) groups is 1. The van der Waals surface area contributed by atoms with Crippen LogP contribution < -0.4 is 16.0 Å². The maximum Gasteiger partial charge on any atom is 0.311 e. The summed E-state index contributed by atoms with van der Waals surface area (Å²) in [5.41, 5.74) is 10.4. The Kier molecular flexibility index (Phi) is 9.19. The van der Waals surface area contributed by atoms with Crippen molar-refractivity contribution in [3.63, 3.8) is 0 Å². The van der Waals surface area contributed by atoms with Gasteiger partial charge in [-0.05, 0) is 31.2 Å². The van der Waals surface area contributed by atoms with Crippen molar-refractivity contribution in [2.45, 2.75) is 57.2 Å². The first-order chi connectivity index (χ1) is 21.0. The van der Waals surface area contributed by atoms with E-state index in [1.165, 1.54) is 34.4 Å². The number of Topliss-reactive ketones (excluding diaryl/α,β-unsaturated/α-hetero) is 1. The largest absolute Gasteiger partial charge is 0.466 e. The molecule has 0 radical (unpaired) electrons. The number of nitrogens with one attached hydrogen (secondary N) is 1. The van der Waals surface area contributed by atoms with E-state index in [0.29, 0.717) is 45.3 Å². The number of ketones is 1. The summed E-state index contributed by atoms with van der Waals surface area (Å²) in [6.45, 7) is 8.08. The number of aromatic nitrogens is 3. The van der Waals surface area contributed by atoms with E-state index < -0.39 is 5.92 Å². The molecule has 0 bridgehead atoms. The summed E-state index contributed by atoms with van der Waals surface area (Å²) < 4.78 is 5.46. The van der Waals surface area contributed by atoms with E-state index in [-0.39, 0.29) is 46.6 Å². The van der Waals surface area contributed by atoms with Crippen LogP contribution >= 0.6 is 34.4 Å². The Labute approximate surface area is 267 Å². The molecule has 3 heterocycles. The van der Waals surface area contributed by atoms with Gasteiger partial charge in [-0.3, -0.25) is 19.3 Å². The molecule has 1 atom stereocenters. The number of anilines is 2. The van der Waals surface area contributed by atoms with Gasteiger partial charge in [0.05, 0.1) is 42.0 Å². The topological polar surface area (TPSA) is 164 Å². The molecule has 0 fully saturated rings. The van der Waals surface area contributed by atoms with Gasteiger partial charge < -0.3 is 15.8 Å². The van der Waals surface area contributed by atoms with Crippen LogP contribution in [-0.4, -0.2) is 45.2 Å². The highest BCUT2D eigenvalue weighted by molar-refractivity contribution is 8.01. The first-order valence-corrected chi connectivity index (χ1v) is 16.6. The van der Waals surface area contributed by atoms with Crippen LogP contribution in [-0.2, 0) is 25.5 Å². The molecule has 5 rings (SSSR count). The van der Waals surface area contributed by atoms with Gasteiger partial charge >= 0.3 is 5.97 Å². The third kappa shape index (κ3) is 6.69. The van der Waals surface area contributed by atoms with Crippen LogP contribution in [0.5, 0.6) is 0 Å². The molecular weight excluding hydrogens is 619 g/mol. The molecule has 11 nitrogen and oxygen atoms in total. The molecule has 228 valence electrons. The van der Waals surface area contributed by atoms with Crippen molar-refractivity contribution in [1.29, 1.82) is 5.26 Å². The molecule has 0 spiro atoms. The second-order valence-corrected chi connectivity index (χ2v) is 14.2. The highest BCUT2D eigenvalue weighted by atomic mass is 32.2. The van der Waals surface area contributed by atoms with E-state index in [2.05, 4.69) is 26.6 Å². The van der Waals surface area contributed by atoms with Gasteiger partial charge in [0, 0.05) is 23.1 Å². The zero-order valence-corrected chi connectivity index (χ0v) is 27.1. The third-order valence-electron chi connectivity index (χ3n) is 7.10. The molecule has 1 unspecified atom stereocenters. The summed E-state index contributed by atoms with van der Waals surface area (Å²) in [6.07, 6.45) is 0.958. The standard InChI is InChI=1S/C30H31N7O4S3/c1-5-41-23(40)10-18-14-42-27(33-18)34-22(39)15-43-29-36-35-28(44-29)37-20-11-30(3,4)12-21(38)25(20)24(19(13-31)26(37)32)17-8-6-7-16(2)9-17/h6-9,14,24H,5,10-12,15,32H2,1-4H3,(H,33,34,39). The molecule has 1 aliphatic carbocycles. The molecule has 1 aromatic carbocycles. The van der Waals surface area contributed by atoms with Crippen molar-refractivity contribution in [2.24, 2.45) is 11.1 Å². The van der Waals surface area contributed by atoms with Crippen LogP contribution in [0.2, 0.25) is 0 Å². The second-order valence-electron chi connectivity index (χ2n) is 11.2. The van der Waals surface area contributed by atoms with E-state index in [1.807, 2.05) is 45.0 Å². The van der Waals surface area contributed by atoms with E-state index in [0.717, 1.165) is 16.8 Å². The number of carbonyl (C=O) groups excluding carboxylic acids is 3. The third-order valence-corrected chi connectivity index (χ3v) is 9.95. The number of aryl methyl sites for hydroxylation is 1. The van der Waals surface area contributed by atoms with Gasteiger partial charge in [0.15, 0.2) is 15.3 Å². The smallest absolute Gasteiger partial charge is 0.311 e. The Bertz CT molecular complexity index is 1730. The fourth-order valence-electron chi connectivity index (χ4n) is 5.35. The lowest BCUT2D eigenvalue weighted by Gasteiger charge is -2.42. The fourth-order valence-corrected chi connectivity index (χ4v) is 7.76. The average Bonchev–Trinajstić information content (AvgIpc) is 3.60. The lowest BCUT2D eigenvalue weighted by molar-refractivity contribution is -0.142. The van der Waals surface area contributed by atoms with Crippen molar-refractivity contribution in [3.05, 3.63) is 69.1 Å². The van der Waals surface area contributed by atoms with Crippen LogP contribution in [0.25, 0.3) is 0 Å². The van der Waals surface area contributed by atoms with Gasteiger partial charge in [-0.2, -0.15) is 5.26 Å². The molecule has 3 N–H and O–H groups in total. The number of nitriles is 1. The maximum atomic E-state index is 13.7. The lowest BCUT2D eigenvalue weighted by atomic mass is 9.68. The summed E-state index contributed by atoms with van der Waals surface area (Å²) >= 11 is 3.65. The van der Waals surface area contributed by atoms with Crippen LogP contribution in [0, 0.1) is 23.7 Å². The Morgan fingerprint density at radius 1 is 1.30 bits per heavy atom. The average molecular weight is 650 g/mol. The number of esters is 1. The molecule has 0 saturated heterocycles. The number of allylic oxidation sites excluding steroid dienone is 3. The normalized spacial score (nSPS) is 17.8. The van der Waals surface area contributed by atoms with Crippen LogP contribution in [0.1, 0.15) is 56.4 Å². The van der Waals surface area contributed by atoms with Crippen LogP contribution in [0.3, 0.4) is 0 Å². The molecule has 3 aromatic rings. The van der Waals surface area contributed by atoms with Crippen molar-refractivity contribution < 1.29 is 19.1 Å². The summed E-state index contributed by atoms with van der Waals surface area (Å²) in [4.78, 5) is 44.0. The Morgan fingerprint density at radius 3 is 2.82 bits per heavy atom. The Balaban J connectivity index is 1.37. The van der Waals surface area contributed by atoms with Crippen molar-refractivity contribution in [3.8, 4) is 6.07 Å². The van der Waals surface area contributed by atoms with Gasteiger partial charge in [0.1, 0.15) is 5.82 Å². The number of rotatable bonds is 9. The minimum Gasteiger partial charge on any atom is -0.466 e. The molecule has 1 amide bonds. The molecule has 44 heavy (non-hydrogen) atoms. The van der Waals surface area contributed by atoms with E-state index in [4.69, 9.17) is 10.5 Å². The van der Waals surface area contributed by atoms with Crippen molar-refractivity contribution in [2.75, 3.05) is 22.6 Å². The summed E-state index contributed by atoms with van der Waals surface area (Å²) in [5, 5.41) is 24.2. The molecule has 0 saturated carbocycles. The van der Waals surface area contributed by atoms with E-state index in [1.54, 1.807) is 17.2 Å². The molecule has 2 aromatic heterocycles. The number of hydrogen-bond acceptors (Lipinski definition) is 13. The number of nitrogens with two attached hydrogens (primary N) is 1. The Hall–Kier alpha value is -4.06. The number of benzene rings is 1. The number of amides is 1. The lowest BCUT2D eigenvalue weighted by Crippen LogP contribution is -2.42. The Morgan fingerprint density at radius 2 is 2.09 bits per heavy atom. The van der Waals surface area contributed by atoms with Gasteiger partial charge in [0.25, 0.3) is 0 Å². The zero-order chi connectivity index (χ0) is 31.6. The number of thiazole rings is 1. The molecule has 1 aliphatic heterocycles. The number of carbonyl (C=O) groups is 3. The predicted molar refractivity (Wildman–Crippen MR) is 170 cm³/mol. The van der Waals surface area contributed by atoms with E-state index >= 15 is 0 Å². The van der Waals surface area contributed by atoms with Gasteiger partial charge in [0.2, 0.25) is 11.0 Å². The molecule has 2 aliphatic rings. The number of hydrogen-bond donors (Lipinski definition) is 2. The summed E-state index contributed by atoms with van der Waals surface area (Å²) in [6, 6.07) is 10.1. The number of ether oxygens (including phenoxy) is 1. The minimum atomic E-state index is -0.566. The first-order valence-electron chi connectivity index (χ1n) is 13.9. The van der Waals surface area contributed by atoms with Gasteiger partial charge in [-0.1, -0.05) is 66.8 Å². The quantitative estimate of drug-likeness (QED) is 0.235. The summed E-state index contributed by atoms with van der Waals surface area (Å²) in [5.74, 6) is -0.987. The maximum absolute atomic E-state index is 13.7. The van der Waals surface area contributed by atoms with Gasteiger partial charge in [-0.15, -0.1) is 21.5 Å². The van der Waals surface area contributed by atoms with Crippen molar-refractivity contribution >= 4 is 62.4 Å². The van der Waals surface area contributed by atoms with Crippen LogP contribution in [0.4, 0.5) is 10.3 Å². The zero-order valence-electron chi connectivity index (χ0n) is 24.7. The molecule has 14 heteroatoms. The highest BCUT2D eigenvalue weighted by Crippen LogP contribution is 2.50. The predicted octanol–water partition coefficient (Wildman–Crippen LogP) is 5.08. The SMILES string of the molecule is CCOC(=O)Cc1csc(NC(=O)CSc2nnc(N3C(N)=C(C#N)C(c4cccc(C)c4)C4=C3CC(C)(C)CC4=O)s2)n1.